The monoisotopic (exact) mass is 174 g/mol. The van der Waals surface area contributed by atoms with E-state index < -0.39 is 0 Å². The average molecular weight is 174 g/mol. The molecule has 0 aliphatic heterocycles. The summed E-state index contributed by atoms with van der Waals surface area (Å²) in [6.45, 7) is 0. The molecule has 0 aromatic rings. The van der Waals surface area contributed by atoms with Gasteiger partial charge in [-0.1, -0.05) is 44.9 Å². The quantitative estimate of drug-likeness (QED) is 0.503. The van der Waals surface area contributed by atoms with Gasteiger partial charge in [0.1, 0.15) is 0 Å². The van der Waals surface area contributed by atoms with Crippen molar-refractivity contribution in [3.05, 3.63) is 5.73 Å². The second-order valence-corrected chi connectivity index (χ2v) is 3.04. The molecule has 1 fully saturated rings. The van der Waals surface area contributed by atoms with E-state index in [1.807, 2.05) is 0 Å². The fraction of sp³-hybridized carbons (Fsp3) is 1.00. The molecule has 1 N–H and O–H groups in total. The van der Waals surface area contributed by atoms with Crippen LogP contribution in [0.4, 0.5) is 0 Å². The van der Waals surface area contributed by atoms with Gasteiger partial charge in [0.2, 0.25) is 0 Å². The van der Waals surface area contributed by atoms with Crippen molar-refractivity contribution in [1.29, 1.82) is 0 Å². The zero-order chi connectivity index (χ0) is 6.53. The first-order valence-corrected chi connectivity index (χ1v) is 4.11. The third kappa shape index (κ3) is 4.48. The summed E-state index contributed by atoms with van der Waals surface area (Å²) in [5.41, 5.74) is 7.51. The van der Waals surface area contributed by atoms with Crippen LogP contribution in [-0.2, 0) is 21.7 Å². The van der Waals surface area contributed by atoms with Crippen LogP contribution in [0.5, 0.6) is 0 Å². The Bertz CT molecular complexity index is 67.7. The molecule has 0 unspecified atom stereocenters. The molecule has 0 saturated heterocycles. The van der Waals surface area contributed by atoms with Crippen molar-refractivity contribution in [2.24, 2.45) is 0 Å². The second-order valence-electron chi connectivity index (χ2n) is 3.04. The summed E-state index contributed by atoms with van der Waals surface area (Å²) >= 11 is 0. The fourth-order valence-corrected chi connectivity index (χ4v) is 1.46. The van der Waals surface area contributed by atoms with Gasteiger partial charge in [-0.25, -0.2) is 0 Å². The Morgan fingerprint density at radius 1 is 0.800 bits per heavy atom. The van der Waals surface area contributed by atoms with Crippen molar-refractivity contribution < 1.29 is 21.7 Å². The van der Waals surface area contributed by atoms with E-state index in [4.69, 9.17) is 5.73 Å². The Kier molecular flexibility index (Phi) is 6.82. The van der Waals surface area contributed by atoms with E-state index in [9.17, 15) is 0 Å². The average Bonchev–Trinajstić information content (AvgIpc) is 1.79. The summed E-state index contributed by atoms with van der Waals surface area (Å²) in [6, 6.07) is 0.269. The summed E-state index contributed by atoms with van der Waals surface area (Å²) in [7, 11) is 0. The maximum Gasteiger partial charge on any atom is 0 e. The maximum atomic E-state index is 7.51. The molecule has 0 amide bonds. The predicted octanol–water partition coefficient (Wildman–Crippen LogP) is 3.15. The zero-order valence-electron chi connectivity index (χ0n) is 6.53. The minimum absolute atomic E-state index is 0. The molecule has 1 nitrogen and oxygen atoms in total. The minimum atomic E-state index is 0. The van der Waals surface area contributed by atoms with Crippen LogP contribution in [0.25, 0.3) is 5.73 Å². The molecular weight excluding hydrogens is 158 g/mol. The van der Waals surface area contributed by atoms with E-state index in [1.54, 1.807) is 0 Å². The van der Waals surface area contributed by atoms with Gasteiger partial charge in [0.05, 0.1) is 0 Å². The zero-order valence-corrected chi connectivity index (χ0v) is 8.09. The summed E-state index contributed by atoms with van der Waals surface area (Å²) in [5, 5.41) is 0. The summed E-state index contributed by atoms with van der Waals surface area (Å²) < 4.78 is 0. The Hall–Kier alpha value is 0.674. The van der Waals surface area contributed by atoms with Crippen LogP contribution in [0.15, 0.2) is 0 Å². The van der Waals surface area contributed by atoms with Crippen molar-refractivity contribution in [2.45, 2.75) is 51.0 Å². The topological polar surface area (TPSA) is 23.8 Å². The van der Waals surface area contributed by atoms with Gasteiger partial charge >= 0.3 is 0 Å². The van der Waals surface area contributed by atoms with E-state index in [0.29, 0.717) is 0 Å². The number of rotatable bonds is 0. The van der Waals surface area contributed by atoms with Gasteiger partial charge in [0.25, 0.3) is 0 Å². The first-order chi connectivity index (χ1) is 4.39. The third-order valence-electron chi connectivity index (χ3n) is 2.11. The summed E-state index contributed by atoms with van der Waals surface area (Å²) in [4.78, 5) is 0. The van der Waals surface area contributed by atoms with E-state index in [-0.39, 0.29) is 27.8 Å². The molecule has 0 bridgehead atoms. The molecule has 58 valence electrons. The smallest absolute Gasteiger partial charge is 0 e. The summed E-state index contributed by atoms with van der Waals surface area (Å²) in [5.74, 6) is 0. The van der Waals surface area contributed by atoms with Crippen LogP contribution in [0, 0.1) is 0 Å². The van der Waals surface area contributed by atoms with Gasteiger partial charge in [-0.3, -0.25) is 0 Å². The second kappa shape index (κ2) is 6.39. The van der Waals surface area contributed by atoms with E-state index in [1.165, 1.54) is 32.1 Å². The molecule has 1 rings (SSSR count). The Labute approximate surface area is 78.6 Å². The van der Waals surface area contributed by atoms with E-state index in [2.05, 4.69) is 0 Å². The molecule has 0 aromatic carbocycles. The predicted molar refractivity (Wildman–Crippen MR) is 40.4 cm³/mol. The third-order valence-corrected chi connectivity index (χ3v) is 2.11. The SMILES string of the molecule is [NH-]C1CCCCCCC1.[Ti]. The van der Waals surface area contributed by atoms with Crippen molar-refractivity contribution >= 4 is 0 Å². The van der Waals surface area contributed by atoms with Crippen molar-refractivity contribution in [3.8, 4) is 0 Å². The first kappa shape index (κ1) is 10.7. The molecule has 1 aliphatic carbocycles. The molecule has 2 heteroatoms. The fourth-order valence-electron chi connectivity index (χ4n) is 1.46. The Morgan fingerprint density at radius 2 is 1.20 bits per heavy atom. The van der Waals surface area contributed by atoms with Gasteiger partial charge in [0.15, 0.2) is 0 Å². The molecule has 1 aliphatic rings. The molecule has 0 spiro atoms. The van der Waals surface area contributed by atoms with Gasteiger partial charge < -0.3 is 5.73 Å². The van der Waals surface area contributed by atoms with Crippen molar-refractivity contribution in [3.63, 3.8) is 0 Å². The van der Waals surface area contributed by atoms with Gasteiger partial charge in [0, 0.05) is 21.7 Å². The van der Waals surface area contributed by atoms with E-state index in [0.717, 1.165) is 12.8 Å². The number of hydrogen-bond donors (Lipinski definition) is 0. The summed E-state index contributed by atoms with van der Waals surface area (Å²) in [6.07, 6.45) is 9.06. The van der Waals surface area contributed by atoms with Crippen LogP contribution in [-0.4, -0.2) is 6.04 Å². The number of nitrogens with one attached hydrogen (secondary N) is 1. The molecule has 10 heavy (non-hydrogen) atoms. The van der Waals surface area contributed by atoms with E-state index >= 15 is 0 Å². The molecule has 0 radical (unpaired) electrons. The van der Waals surface area contributed by atoms with Crippen LogP contribution in [0.2, 0.25) is 0 Å². The van der Waals surface area contributed by atoms with Crippen LogP contribution in [0.1, 0.15) is 44.9 Å². The van der Waals surface area contributed by atoms with Crippen LogP contribution < -0.4 is 0 Å². The van der Waals surface area contributed by atoms with Crippen LogP contribution in [0.3, 0.4) is 0 Å². The molecular formula is C8H16NTi-. The Morgan fingerprint density at radius 3 is 1.70 bits per heavy atom. The van der Waals surface area contributed by atoms with Crippen molar-refractivity contribution in [2.75, 3.05) is 0 Å². The normalized spacial score (nSPS) is 22.5. The molecule has 0 heterocycles. The van der Waals surface area contributed by atoms with Crippen molar-refractivity contribution in [1.82, 2.24) is 0 Å². The standard InChI is InChI=1S/C8H16N.Ti/c9-8-6-4-2-1-3-5-7-8;/h8-9H,1-7H2;/q-1;. The molecule has 0 atom stereocenters. The first-order valence-electron chi connectivity index (χ1n) is 4.11. The maximum absolute atomic E-state index is 7.51. The van der Waals surface area contributed by atoms with Gasteiger partial charge in [-0.05, 0) is 0 Å². The Balaban J connectivity index is 0.000000810. The largest absolute Gasteiger partial charge is 0.675 e. The van der Waals surface area contributed by atoms with Gasteiger partial charge in [-0.2, -0.15) is 0 Å². The minimum Gasteiger partial charge on any atom is -0.675 e. The van der Waals surface area contributed by atoms with Gasteiger partial charge in [-0.15, -0.1) is 6.04 Å². The van der Waals surface area contributed by atoms with Crippen LogP contribution >= 0.6 is 0 Å². The molecule has 0 aromatic heterocycles. The molecule has 1 saturated carbocycles. The number of hydrogen-bond acceptors (Lipinski definition) is 0.